The van der Waals surface area contributed by atoms with Gasteiger partial charge < -0.3 is 5.11 Å². The lowest BCUT2D eigenvalue weighted by molar-refractivity contribution is 0.149. The maximum atomic E-state index is 13.2. The van der Waals surface area contributed by atoms with Crippen LogP contribution in [0.1, 0.15) is 11.7 Å². The predicted molar refractivity (Wildman–Crippen MR) is 77.3 cm³/mol. The topological polar surface area (TPSA) is 55.1 Å². The maximum Gasteiger partial charge on any atom is 0.274 e. The molecule has 1 aromatic heterocycles. The molecular weight excluding hydrogens is 290 g/mol. The summed E-state index contributed by atoms with van der Waals surface area (Å²) in [5.74, 6) is -2.03. The van der Waals surface area contributed by atoms with Gasteiger partial charge in [0.05, 0.1) is 24.2 Å². The van der Waals surface area contributed by atoms with Crippen molar-refractivity contribution in [3.05, 3.63) is 76.2 Å². The highest BCUT2D eigenvalue weighted by Crippen LogP contribution is 2.17. The molecule has 3 aromatic rings. The number of aliphatic hydroxyl groups is 1. The van der Waals surface area contributed by atoms with Gasteiger partial charge in [-0.3, -0.25) is 4.79 Å². The van der Waals surface area contributed by atoms with Gasteiger partial charge in [0, 0.05) is 5.39 Å². The first kappa shape index (κ1) is 14.3. The van der Waals surface area contributed by atoms with E-state index in [-0.39, 0.29) is 17.7 Å². The highest BCUT2D eigenvalue weighted by molar-refractivity contribution is 5.80. The largest absolute Gasteiger partial charge is 0.386 e. The molecule has 0 saturated heterocycles. The monoisotopic (exact) mass is 302 g/mol. The van der Waals surface area contributed by atoms with Gasteiger partial charge in [-0.1, -0.05) is 24.3 Å². The Morgan fingerprint density at radius 2 is 1.91 bits per heavy atom. The third-order valence-electron chi connectivity index (χ3n) is 3.44. The molecule has 2 aromatic carbocycles. The second-order valence-corrected chi connectivity index (χ2v) is 4.91. The third-order valence-corrected chi connectivity index (χ3v) is 3.44. The molecule has 0 fully saturated rings. The van der Waals surface area contributed by atoms with E-state index in [4.69, 9.17) is 0 Å². The number of hydrogen-bond donors (Lipinski definition) is 1. The molecule has 0 aliphatic heterocycles. The molecule has 112 valence electrons. The van der Waals surface area contributed by atoms with Crippen molar-refractivity contribution in [1.29, 1.82) is 0 Å². The molecule has 0 spiro atoms. The van der Waals surface area contributed by atoms with Gasteiger partial charge in [0.2, 0.25) is 0 Å². The lowest BCUT2D eigenvalue weighted by atomic mass is 10.1. The molecule has 4 nitrogen and oxygen atoms in total. The molecule has 0 radical (unpaired) electrons. The van der Waals surface area contributed by atoms with E-state index in [2.05, 4.69) is 5.10 Å². The van der Waals surface area contributed by atoms with Crippen molar-refractivity contribution in [2.45, 2.75) is 12.6 Å². The number of nitrogens with zero attached hydrogens (tertiary/aromatic N) is 2. The summed E-state index contributed by atoms with van der Waals surface area (Å²) in [4.78, 5) is 12.3. The Balaban J connectivity index is 1.94. The van der Waals surface area contributed by atoms with E-state index < -0.39 is 17.7 Å². The summed E-state index contributed by atoms with van der Waals surface area (Å²) in [7, 11) is 0. The van der Waals surface area contributed by atoms with Gasteiger partial charge >= 0.3 is 0 Å². The van der Waals surface area contributed by atoms with Crippen molar-refractivity contribution in [3.8, 4) is 0 Å². The van der Waals surface area contributed by atoms with Crippen LogP contribution in [-0.2, 0) is 6.54 Å². The molecular formula is C16H12F2N2O2. The van der Waals surface area contributed by atoms with Crippen LogP contribution >= 0.6 is 0 Å². The van der Waals surface area contributed by atoms with Gasteiger partial charge in [-0.15, -0.1) is 0 Å². The van der Waals surface area contributed by atoms with Crippen LogP contribution in [0.3, 0.4) is 0 Å². The van der Waals surface area contributed by atoms with Crippen molar-refractivity contribution in [1.82, 2.24) is 9.78 Å². The molecule has 0 amide bonds. The smallest absolute Gasteiger partial charge is 0.274 e. The van der Waals surface area contributed by atoms with Crippen LogP contribution in [0.4, 0.5) is 8.78 Å². The Morgan fingerprint density at radius 1 is 1.14 bits per heavy atom. The van der Waals surface area contributed by atoms with Crippen LogP contribution in [0.15, 0.2) is 53.5 Å². The zero-order valence-electron chi connectivity index (χ0n) is 11.4. The third kappa shape index (κ3) is 2.60. The molecule has 22 heavy (non-hydrogen) atoms. The second kappa shape index (κ2) is 5.65. The van der Waals surface area contributed by atoms with Crippen LogP contribution in [-0.4, -0.2) is 14.9 Å². The van der Waals surface area contributed by atoms with Crippen LogP contribution in [0.25, 0.3) is 10.8 Å². The Bertz CT molecular complexity index is 893. The average molecular weight is 302 g/mol. The van der Waals surface area contributed by atoms with E-state index >= 15 is 0 Å². The number of hydrogen-bond acceptors (Lipinski definition) is 3. The summed E-state index contributed by atoms with van der Waals surface area (Å²) in [5.41, 5.74) is -0.166. The molecule has 1 unspecified atom stereocenters. The number of benzene rings is 2. The van der Waals surface area contributed by atoms with Crippen LogP contribution < -0.4 is 5.56 Å². The molecule has 6 heteroatoms. The minimum Gasteiger partial charge on any atom is -0.386 e. The Hall–Kier alpha value is -2.60. The minimum atomic E-state index is -1.17. The average Bonchev–Trinajstić information content (AvgIpc) is 2.53. The van der Waals surface area contributed by atoms with Gasteiger partial charge in [0.15, 0.2) is 11.6 Å². The van der Waals surface area contributed by atoms with E-state index in [1.165, 1.54) is 12.3 Å². The van der Waals surface area contributed by atoms with E-state index in [1.807, 2.05) is 0 Å². The fraction of sp³-hybridized carbons (Fsp3) is 0.125. The number of aliphatic hydroxyl groups excluding tert-OH is 1. The van der Waals surface area contributed by atoms with Gasteiger partial charge in [-0.05, 0) is 23.8 Å². The number of aromatic nitrogens is 2. The number of fused-ring (bicyclic) bond motifs is 1. The van der Waals surface area contributed by atoms with E-state index in [0.29, 0.717) is 10.8 Å². The van der Waals surface area contributed by atoms with Crippen molar-refractivity contribution in [3.63, 3.8) is 0 Å². The van der Waals surface area contributed by atoms with E-state index in [0.717, 1.165) is 16.8 Å². The summed E-state index contributed by atoms with van der Waals surface area (Å²) < 4.78 is 27.2. The first-order valence-electron chi connectivity index (χ1n) is 6.64. The van der Waals surface area contributed by atoms with Crippen LogP contribution in [0, 0.1) is 11.6 Å². The first-order chi connectivity index (χ1) is 10.6. The van der Waals surface area contributed by atoms with E-state index in [1.54, 1.807) is 24.3 Å². The zero-order valence-corrected chi connectivity index (χ0v) is 11.4. The first-order valence-corrected chi connectivity index (χ1v) is 6.64. The zero-order chi connectivity index (χ0) is 15.7. The number of rotatable bonds is 3. The van der Waals surface area contributed by atoms with Crippen LogP contribution in [0.2, 0.25) is 0 Å². The molecule has 1 heterocycles. The van der Waals surface area contributed by atoms with Gasteiger partial charge in [0.25, 0.3) is 5.56 Å². The van der Waals surface area contributed by atoms with Crippen molar-refractivity contribution < 1.29 is 13.9 Å². The summed E-state index contributed by atoms with van der Waals surface area (Å²) in [6.45, 7) is -0.144. The molecule has 0 bridgehead atoms. The fourth-order valence-electron chi connectivity index (χ4n) is 2.25. The standard InChI is InChI=1S/C16H12F2N2O2/c17-13-6-5-10(7-14(13)18)15(21)9-20-16(22)12-4-2-1-3-11(12)8-19-20/h1-8,15,21H,9H2. The second-order valence-electron chi connectivity index (χ2n) is 4.91. The Kier molecular flexibility index (Phi) is 3.68. The highest BCUT2D eigenvalue weighted by Gasteiger charge is 2.13. The molecule has 0 aliphatic rings. The number of halogens is 2. The van der Waals surface area contributed by atoms with Crippen molar-refractivity contribution in [2.24, 2.45) is 0 Å². The maximum absolute atomic E-state index is 13.2. The Labute approximate surface area is 124 Å². The summed E-state index contributed by atoms with van der Waals surface area (Å²) in [6, 6.07) is 10.1. The summed E-state index contributed by atoms with van der Waals surface area (Å²) in [5, 5.41) is 15.3. The molecule has 0 saturated carbocycles. The normalized spacial score (nSPS) is 12.5. The van der Waals surface area contributed by atoms with Gasteiger partial charge in [-0.2, -0.15) is 5.10 Å². The van der Waals surface area contributed by atoms with Crippen molar-refractivity contribution >= 4 is 10.8 Å². The molecule has 3 rings (SSSR count). The lowest BCUT2D eigenvalue weighted by Crippen LogP contribution is -2.25. The molecule has 0 aliphatic carbocycles. The quantitative estimate of drug-likeness (QED) is 0.808. The van der Waals surface area contributed by atoms with Gasteiger partial charge in [-0.25, -0.2) is 13.5 Å². The van der Waals surface area contributed by atoms with Gasteiger partial charge in [0.1, 0.15) is 0 Å². The van der Waals surface area contributed by atoms with E-state index in [9.17, 15) is 18.7 Å². The SMILES string of the molecule is O=c1c2ccccc2cnn1CC(O)c1ccc(F)c(F)c1. The van der Waals surface area contributed by atoms with Crippen molar-refractivity contribution in [2.75, 3.05) is 0 Å². The predicted octanol–water partition coefficient (Wildman–Crippen LogP) is 2.41. The minimum absolute atomic E-state index is 0.144. The highest BCUT2D eigenvalue weighted by atomic mass is 19.2. The van der Waals surface area contributed by atoms with Crippen LogP contribution in [0.5, 0.6) is 0 Å². The lowest BCUT2D eigenvalue weighted by Gasteiger charge is -2.13. The summed E-state index contributed by atoms with van der Waals surface area (Å²) >= 11 is 0. The molecule has 1 atom stereocenters. The Morgan fingerprint density at radius 3 is 2.68 bits per heavy atom. The fourth-order valence-corrected chi connectivity index (χ4v) is 2.25. The summed E-state index contributed by atoms with van der Waals surface area (Å²) in [6.07, 6.45) is 0.357. The molecule has 1 N–H and O–H groups in total.